The Bertz CT molecular complexity index is 447. The molecule has 0 aromatic rings. The Labute approximate surface area is 114 Å². The van der Waals surface area contributed by atoms with E-state index in [1.165, 1.54) is 0 Å². The average Bonchev–Trinajstić information content (AvgIpc) is 2.91. The van der Waals surface area contributed by atoms with Crippen LogP contribution in [0.4, 0.5) is 0 Å². The molecule has 2 rings (SSSR count). The number of carboxylic acids is 1. The normalized spacial score (nSPS) is 26.4. The standard InChI is InChI=1S/C12H16N2O6/c15-7-5-8(12(19)20)14(6-7)11(18)3-4-13-9(16)1-2-10(13)17/h7-8,15H,1-6H2,(H,19,20). The van der Waals surface area contributed by atoms with E-state index in [1.54, 1.807) is 0 Å². The summed E-state index contributed by atoms with van der Waals surface area (Å²) in [5, 5.41) is 18.4. The largest absolute Gasteiger partial charge is 0.480 e. The van der Waals surface area contributed by atoms with Gasteiger partial charge in [-0.05, 0) is 0 Å². The molecule has 110 valence electrons. The number of imide groups is 1. The van der Waals surface area contributed by atoms with E-state index in [9.17, 15) is 24.3 Å². The number of amides is 3. The second-order valence-corrected chi connectivity index (χ2v) is 4.98. The number of nitrogens with zero attached hydrogens (tertiary/aromatic N) is 2. The van der Waals surface area contributed by atoms with Crippen molar-refractivity contribution in [3.63, 3.8) is 0 Å². The van der Waals surface area contributed by atoms with Gasteiger partial charge in [-0.2, -0.15) is 0 Å². The predicted molar refractivity (Wildman–Crippen MR) is 64.3 cm³/mol. The Morgan fingerprint density at radius 3 is 2.35 bits per heavy atom. The van der Waals surface area contributed by atoms with Crippen molar-refractivity contribution in [3.8, 4) is 0 Å². The van der Waals surface area contributed by atoms with Gasteiger partial charge < -0.3 is 15.1 Å². The van der Waals surface area contributed by atoms with Crippen LogP contribution in [-0.2, 0) is 19.2 Å². The average molecular weight is 284 g/mol. The van der Waals surface area contributed by atoms with Gasteiger partial charge in [-0.15, -0.1) is 0 Å². The molecule has 2 aliphatic rings. The third-order valence-corrected chi connectivity index (χ3v) is 3.59. The maximum atomic E-state index is 12.0. The lowest BCUT2D eigenvalue weighted by Crippen LogP contribution is -2.42. The number of hydrogen-bond donors (Lipinski definition) is 2. The third-order valence-electron chi connectivity index (χ3n) is 3.59. The van der Waals surface area contributed by atoms with Crippen LogP contribution in [0, 0.1) is 0 Å². The topological polar surface area (TPSA) is 115 Å². The summed E-state index contributed by atoms with van der Waals surface area (Å²) in [7, 11) is 0. The van der Waals surface area contributed by atoms with E-state index in [0.29, 0.717) is 0 Å². The molecule has 2 aliphatic heterocycles. The molecule has 2 heterocycles. The summed E-state index contributed by atoms with van der Waals surface area (Å²) in [5.41, 5.74) is 0. The van der Waals surface area contributed by atoms with Gasteiger partial charge in [-0.3, -0.25) is 19.3 Å². The van der Waals surface area contributed by atoms with Crippen molar-refractivity contribution in [3.05, 3.63) is 0 Å². The molecule has 2 unspecified atom stereocenters. The van der Waals surface area contributed by atoms with Crippen molar-refractivity contribution < 1.29 is 29.4 Å². The van der Waals surface area contributed by atoms with E-state index in [0.717, 1.165) is 9.80 Å². The summed E-state index contributed by atoms with van der Waals surface area (Å²) >= 11 is 0. The summed E-state index contributed by atoms with van der Waals surface area (Å²) < 4.78 is 0. The van der Waals surface area contributed by atoms with Crippen molar-refractivity contribution in [1.82, 2.24) is 9.80 Å². The summed E-state index contributed by atoms with van der Waals surface area (Å²) in [6.45, 7) is -0.0624. The van der Waals surface area contributed by atoms with Crippen LogP contribution in [0.3, 0.4) is 0 Å². The molecule has 20 heavy (non-hydrogen) atoms. The molecular weight excluding hydrogens is 268 g/mol. The Hall–Kier alpha value is -1.96. The third kappa shape index (κ3) is 2.79. The van der Waals surface area contributed by atoms with Gasteiger partial charge in [0.1, 0.15) is 6.04 Å². The molecule has 0 saturated carbocycles. The maximum Gasteiger partial charge on any atom is 0.326 e. The first-order chi connectivity index (χ1) is 9.40. The molecule has 2 fully saturated rings. The Balaban J connectivity index is 1.93. The Morgan fingerprint density at radius 1 is 1.20 bits per heavy atom. The molecule has 2 atom stereocenters. The van der Waals surface area contributed by atoms with Gasteiger partial charge in [0.2, 0.25) is 17.7 Å². The number of β-amino-alcohol motifs (C(OH)–C–C–N with tert-alkyl or cyclic N) is 1. The summed E-state index contributed by atoms with van der Waals surface area (Å²) in [4.78, 5) is 47.9. The SMILES string of the molecule is O=C(O)C1CC(O)CN1C(=O)CCN1C(=O)CCC1=O. The molecule has 0 aromatic heterocycles. The van der Waals surface area contributed by atoms with Crippen molar-refractivity contribution in [2.45, 2.75) is 37.8 Å². The van der Waals surface area contributed by atoms with Gasteiger partial charge in [0.25, 0.3) is 0 Å². The van der Waals surface area contributed by atoms with E-state index >= 15 is 0 Å². The quantitative estimate of drug-likeness (QED) is 0.612. The van der Waals surface area contributed by atoms with E-state index in [4.69, 9.17) is 5.11 Å². The minimum atomic E-state index is -1.16. The van der Waals surface area contributed by atoms with E-state index in [-0.39, 0.29) is 50.6 Å². The minimum absolute atomic E-state index is 0.00263. The van der Waals surface area contributed by atoms with Gasteiger partial charge >= 0.3 is 5.97 Å². The number of carboxylic acid groups (broad SMARTS) is 1. The zero-order chi connectivity index (χ0) is 14.9. The highest BCUT2D eigenvalue weighted by molar-refractivity contribution is 6.02. The van der Waals surface area contributed by atoms with Crippen LogP contribution in [0.15, 0.2) is 0 Å². The van der Waals surface area contributed by atoms with E-state index in [2.05, 4.69) is 0 Å². The molecule has 8 nitrogen and oxygen atoms in total. The molecule has 0 aromatic carbocycles. The van der Waals surface area contributed by atoms with Crippen LogP contribution in [-0.4, -0.2) is 68.9 Å². The maximum absolute atomic E-state index is 12.0. The fraction of sp³-hybridized carbons (Fsp3) is 0.667. The molecule has 2 N–H and O–H groups in total. The van der Waals surface area contributed by atoms with Crippen LogP contribution < -0.4 is 0 Å². The summed E-state index contributed by atoms with van der Waals surface area (Å²) in [6.07, 6.45) is -0.646. The second kappa shape index (κ2) is 5.58. The number of hydrogen-bond acceptors (Lipinski definition) is 5. The molecule has 2 saturated heterocycles. The van der Waals surface area contributed by atoms with Crippen molar-refractivity contribution in [2.24, 2.45) is 0 Å². The number of aliphatic hydroxyl groups is 1. The molecule has 8 heteroatoms. The molecule has 0 radical (unpaired) electrons. The lowest BCUT2D eigenvalue weighted by Gasteiger charge is -2.22. The molecule has 0 bridgehead atoms. The van der Waals surface area contributed by atoms with Crippen LogP contribution in [0.5, 0.6) is 0 Å². The molecule has 3 amide bonds. The monoisotopic (exact) mass is 284 g/mol. The van der Waals surface area contributed by atoms with Gasteiger partial charge in [-0.25, -0.2) is 4.79 Å². The predicted octanol–water partition coefficient (Wildman–Crippen LogP) is -1.43. The molecular formula is C12H16N2O6. The first-order valence-corrected chi connectivity index (χ1v) is 6.43. The highest BCUT2D eigenvalue weighted by Crippen LogP contribution is 2.20. The number of aliphatic hydroxyl groups excluding tert-OH is 1. The number of carbonyl (C=O) groups is 4. The number of rotatable bonds is 4. The Kier molecular flexibility index (Phi) is 4.03. The zero-order valence-corrected chi connectivity index (χ0v) is 10.8. The lowest BCUT2D eigenvalue weighted by molar-refractivity contribution is -0.149. The van der Waals surface area contributed by atoms with E-state index in [1.807, 2.05) is 0 Å². The van der Waals surface area contributed by atoms with Gasteiger partial charge in [0.15, 0.2) is 0 Å². The Morgan fingerprint density at radius 2 is 1.80 bits per heavy atom. The summed E-state index contributed by atoms with van der Waals surface area (Å²) in [6, 6.07) is -1.04. The fourth-order valence-corrected chi connectivity index (χ4v) is 2.55. The number of likely N-dealkylation sites (tertiary alicyclic amines) is 2. The highest BCUT2D eigenvalue weighted by atomic mass is 16.4. The van der Waals surface area contributed by atoms with Gasteiger partial charge in [0.05, 0.1) is 6.10 Å². The molecule has 0 aliphatic carbocycles. The van der Waals surface area contributed by atoms with Crippen molar-refractivity contribution in [1.29, 1.82) is 0 Å². The lowest BCUT2D eigenvalue weighted by atomic mass is 10.2. The first-order valence-electron chi connectivity index (χ1n) is 6.43. The fourth-order valence-electron chi connectivity index (χ4n) is 2.55. The number of carbonyl (C=O) groups excluding carboxylic acids is 3. The van der Waals surface area contributed by atoms with Crippen molar-refractivity contribution >= 4 is 23.7 Å². The van der Waals surface area contributed by atoms with E-state index < -0.39 is 24.0 Å². The molecule has 0 spiro atoms. The van der Waals surface area contributed by atoms with Crippen LogP contribution >= 0.6 is 0 Å². The highest BCUT2D eigenvalue weighted by Gasteiger charge is 2.39. The summed E-state index contributed by atoms with van der Waals surface area (Å²) in [5.74, 6) is -2.25. The first kappa shape index (κ1) is 14.4. The smallest absolute Gasteiger partial charge is 0.326 e. The number of aliphatic carboxylic acids is 1. The van der Waals surface area contributed by atoms with Gasteiger partial charge in [-0.1, -0.05) is 0 Å². The second-order valence-electron chi connectivity index (χ2n) is 4.98. The minimum Gasteiger partial charge on any atom is -0.480 e. The van der Waals surface area contributed by atoms with Gasteiger partial charge in [0, 0.05) is 38.8 Å². The van der Waals surface area contributed by atoms with Crippen LogP contribution in [0.1, 0.15) is 25.7 Å². The van der Waals surface area contributed by atoms with Crippen LogP contribution in [0.25, 0.3) is 0 Å². The zero-order valence-electron chi connectivity index (χ0n) is 10.8. The van der Waals surface area contributed by atoms with Crippen molar-refractivity contribution in [2.75, 3.05) is 13.1 Å². The van der Waals surface area contributed by atoms with Crippen LogP contribution in [0.2, 0.25) is 0 Å².